The summed E-state index contributed by atoms with van der Waals surface area (Å²) in [6.45, 7) is 0. The molecule has 0 fully saturated rings. The topological polar surface area (TPSA) is 66.9 Å². The molecule has 3 N–H and O–H groups in total. The number of carbonyl (C=O) groups excluding carboxylic acids is 1. The third-order valence-electron chi connectivity index (χ3n) is 2.37. The summed E-state index contributed by atoms with van der Waals surface area (Å²) in [4.78, 5) is 11.3. The number of amidine groups is 1. The van der Waals surface area contributed by atoms with Crippen molar-refractivity contribution in [1.29, 1.82) is 5.41 Å². The molecule has 0 heterocycles. The summed E-state index contributed by atoms with van der Waals surface area (Å²) in [5.41, 5.74) is 7.80. The minimum Gasteiger partial charge on any atom is -0.384 e. The van der Waals surface area contributed by atoms with E-state index in [9.17, 15) is 4.79 Å². The number of fused-ring (bicyclic) bond motifs is 1. The maximum absolute atomic E-state index is 11.3. The lowest BCUT2D eigenvalue weighted by Crippen LogP contribution is -2.13. The van der Waals surface area contributed by atoms with Crippen molar-refractivity contribution in [3.8, 4) is 0 Å². The van der Waals surface area contributed by atoms with Gasteiger partial charge in [0.1, 0.15) is 5.84 Å². The molecule has 74 valence electrons. The fourth-order valence-electron chi connectivity index (χ4n) is 1.74. The molecule has 0 aliphatic heterocycles. The predicted octanol–water partition coefficient (Wildman–Crippen LogP) is 1.52. The zero-order valence-corrected chi connectivity index (χ0v) is 8.36. The highest BCUT2D eigenvalue weighted by Gasteiger charge is 2.22. The van der Waals surface area contributed by atoms with Gasteiger partial charge in [-0.3, -0.25) is 10.2 Å². The van der Waals surface area contributed by atoms with E-state index in [1.165, 1.54) is 0 Å². The fourth-order valence-corrected chi connectivity index (χ4v) is 1.74. The Morgan fingerprint density at radius 1 is 1.36 bits per heavy atom. The molecule has 0 bridgehead atoms. The van der Waals surface area contributed by atoms with Crippen molar-refractivity contribution < 1.29 is 4.79 Å². The Hall–Kier alpha value is -1.35. The number of benzene rings is 1. The van der Waals surface area contributed by atoms with Crippen molar-refractivity contribution in [3.05, 3.63) is 34.9 Å². The first-order valence-electron chi connectivity index (χ1n) is 4.19. The SMILES string of the molecule is Cl.N=C(N)c1cccc2c1CCC2=O. The van der Waals surface area contributed by atoms with Crippen LogP contribution in [0.4, 0.5) is 0 Å². The smallest absolute Gasteiger partial charge is 0.163 e. The Morgan fingerprint density at radius 2 is 2.07 bits per heavy atom. The first kappa shape index (κ1) is 10.7. The summed E-state index contributed by atoms with van der Waals surface area (Å²) in [7, 11) is 0. The molecule has 1 aliphatic carbocycles. The van der Waals surface area contributed by atoms with Crippen molar-refractivity contribution in [2.24, 2.45) is 5.73 Å². The Balaban J connectivity index is 0.000000980. The van der Waals surface area contributed by atoms with E-state index in [1.54, 1.807) is 18.2 Å². The summed E-state index contributed by atoms with van der Waals surface area (Å²) in [6.07, 6.45) is 1.28. The van der Waals surface area contributed by atoms with Crippen LogP contribution in [0.2, 0.25) is 0 Å². The van der Waals surface area contributed by atoms with Gasteiger partial charge in [0.25, 0.3) is 0 Å². The summed E-state index contributed by atoms with van der Waals surface area (Å²) in [5.74, 6) is 0.213. The van der Waals surface area contributed by atoms with Crippen LogP contribution in [0.5, 0.6) is 0 Å². The Labute approximate surface area is 88.2 Å². The van der Waals surface area contributed by atoms with Gasteiger partial charge in [0, 0.05) is 17.5 Å². The lowest BCUT2D eigenvalue weighted by molar-refractivity contribution is 0.0994. The molecule has 0 amide bonds. The molecule has 2 rings (SSSR count). The van der Waals surface area contributed by atoms with Crippen LogP contribution >= 0.6 is 12.4 Å². The Kier molecular flexibility index (Phi) is 2.91. The summed E-state index contributed by atoms with van der Waals surface area (Å²) >= 11 is 0. The van der Waals surface area contributed by atoms with Crippen LogP contribution in [0.3, 0.4) is 0 Å². The van der Waals surface area contributed by atoms with Crippen LogP contribution in [0.1, 0.15) is 27.9 Å². The van der Waals surface area contributed by atoms with E-state index >= 15 is 0 Å². The van der Waals surface area contributed by atoms with Crippen molar-refractivity contribution in [3.63, 3.8) is 0 Å². The van der Waals surface area contributed by atoms with Crippen LogP contribution in [0, 0.1) is 5.41 Å². The van der Waals surface area contributed by atoms with Crippen LogP contribution in [0.25, 0.3) is 0 Å². The lowest BCUT2D eigenvalue weighted by atomic mass is 10.0. The second kappa shape index (κ2) is 3.80. The van der Waals surface area contributed by atoms with Crippen LogP contribution in [-0.2, 0) is 6.42 Å². The summed E-state index contributed by atoms with van der Waals surface area (Å²) in [6, 6.07) is 5.37. The van der Waals surface area contributed by atoms with Gasteiger partial charge in [0.05, 0.1) is 0 Å². The quantitative estimate of drug-likeness (QED) is 0.545. The van der Waals surface area contributed by atoms with Gasteiger partial charge >= 0.3 is 0 Å². The van der Waals surface area contributed by atoms with Gasteiger partial charge in [-0.1, -0.05) is 18.2 Å². The number of carbonyl (C=O) groups is 1. The normalized spacial score (nSPS) is 13.3. The predicted molar refractivity (Wildman–Crippen MR) is 57.4 cm³/mol. The number of hydrogen-bond acceptors (Lipinski definition) is 2. The molecular formula is C10H11ClN2O. The van der Waals surface area contributed by atoms with Gasteiger partial charge < -0.3 is 5.73 Å². The standard InChI is InChI=1S/C10H10N2O.ClH/c11-10(12)8-3-1-2-7-6(8)4-5-9(7)13;/h1-3H,4-5H2,(H3,11,12);1H. The lowest BCUT2D eigenvalue weighted by Gasteiger charge is -2.04. The minimum absolute atomic E-state index is 0. The largest absolute Gasteiger partial charge is 0.384 e. The highest BCUT2D eigenvalue weighted by molar-refractivity contribution is 6.05. The van der Waals surface area contributed by atoms with E-state index < -0.39 is 0 Å². The number of ketones is 1. The van der Waals surface area contributed by atoms with E-state index in [1.807, 2.05) is 0 Å². The molecule has 1 aromatic rings. The van der Waals surface area contributed by atoms with Gasteiger partial charge in [-0.05, 0) is 12.0 Å². The van der Waals surface area contributed by atoms with E-state index in [4.69, 9.17) is 11.1 Å². The van der Waals surface area contributed by atoms with E-state index in [0.29, 0.717) is 12.0 Å². The highest BCUT2D eigenvalue weighted by Crippen LogP contribution is 2.24. The van der Waals surface area contributed by atoms with Crippen molar-refractivity contribution >= 4 is 24.0 Å². The second-order valence-corrected chi connectivity index (χ2v) is 3.17. The molecule has 0 atom stereocenters. The maximum Gasteiger partial charge on any atom is 0.163 e. The molecule has 0 aromatic heterocycles. The first-order valence-corrected chi connectivity index (χ1v) is 4.19. The fraction of sp³-hybridized carbons (Fsp3) is 0.200. The maximum atomic E-state index is 11.3. The molecule has 4 heteroatoms. The van der Waals surface area contributed by atoms with Gasteiger partial charge in [-0.25, -0.2) is 0 Å². The highest BCUT2D eigenvalue weighted by atomic mass is 35.5. The van der Waals surface area contributed by atoms with E-state index in [0.717, 1.165) is 17.5 Å². The average molecular weight is 211 g/mol. The summed E-state index contributed by atoms with van der Waals surface area (Å²) in [5, 5.41) is 7.34. The number of halogens is 1. The molecule has 0 saturated heterocycles. The number of Topliss-reactive ketones (excluding diaryl/α,β-unsaturated/α-hetero) is 1. The molecule has 0 saturated carbocycles. The Morgan fingerprint density at radius 3 is 2.71 bits per heavy atom. The van der Waals surface area contributed by atoms with Crippen LogP contribution in [-0.4, -0.2) is 11.6 Å². The molecule has 14 heavy (non-hydrogen) atoms. The van der Waals surface area contributed by atoms with Crippen molar-refractivity contribution in [1.82, 2.24) is 0 Å². The zero-order valence-electron chi connectivity index (χ0n) is 7.54. The zero-order chi connectivity index (χ0) is 9.42. The molecule has 3 nitrogen and oxygen atoms in total. The number of nitrogens with two attached hydrogens (primary N) is 1. The van der Waals surface area contributed by atoms with Gasteiger partial charge in [-0.2, -0.15) is 0 Å². The molecular weight excluding hydrogens is 200 g/mol. The second-order valence-electron chi connectivity index (χ2n) is 3.17. The van der Waals surface area contributed by atoms with Crippen molar-refractivity contribution in [2.45, 2.75) is 12.8 Å². The van der Waals surface area contributed by atoms with Gasteiger partial charge in [0.2, 0.25) is 0 Å². The first-order chi connectivity index (χ1) is 6.20. The number of nitrogen functional groups attached to an aromatic ring is 1. The summed E-state index contributed by atoms with van der Waals surface area (Å²) < 4.78 is 0. The molecule has 0 radical (unpaired) electrons. The molecule has 0 unspecified atom stereocenters. The van der Waals surface area contributed by atoms with E-state index in [-0.39, 0.29) is 24.0 Å². The molecule has 1 aromatic carbocycles. The monoisotopic (exact) mass is 210 g/mol. The average Bonchev–Trinajstić information content (AvgIpc) is 2.48. The Bertz CT molecular complexity index is 401. The number of hydrogen-bond donors (Lipinski definition) is 2. The molecule has 1 aliphatic rings. The number of rotatable bonds is 1. The third-order valence-corrected chi connectivity index (χ3v) is 2.37. The minimum atomic E-state index is 0. The van der Waals surface area contributed by atoms with E-state index in [2.05, 4.69) is 0 Å². The number of nitrogens with one attached hydrogen (secondary N) is 1. The van der Waals surface area contributed by atoms with Gasteiger partial charge in [0.15, 0.2) is 5.78 Å². The van der Waals surface area contributed by atoms with Gasteiger partial charge in [-0.15, -0.1) is 12.4 Å². The molecule has 0 spiro atoms. The van der Waals surface area contributed by atoms with Crippen LogP contribution < -0.4 is 5.73 Å². The third kappa shape index (κ3) is 1.51. The van der Waals surface area contributed by atoms with Crippen molar-refractivity contribution in [2.75, 3.05) is 0 Å². The van der Waals surface area contributed by atoms with Crippen LogP contribution in [0.15, 0.2) is 18.2 Å².